The highest BCUT2D eigenvalue weighted by Crippen LogP contribution is 2.24. The van der Waals surface area contributed by atoms with Gasteiger partial charge in [-0.15, -0.1) is 0 Å². The van der Waals surface area contributed by atoms with Gasteiger partial charge in [-0.3, -0.25) is 9.79 Å². The maximum Gasteiger partial charge on any atom is 0.248 e. The van der Waals surface area contributed by atoms with Gasteiger partial charge in [0.05, 0.1) is 5.69 Å². The van der Waals surface area contributed by atoms with Gasteiger partial charge in [-0.05, 0) is 30.5 Å². The van der Waals surface area contributed by atoms with Crippen LogP contribution < -0.4 is 5.73 Å². The number of carbonyl (C=O) groups excluding carboxylic acids is 1. The van der Waals surface area contributed by atoms with E-state index in [0.29, 0.717) is 5.56 Å². The van der Waals surface area contributed by atoms with Crippen molar-refractivity contribution in [3.8, 4) is 0 Å². The van der Waals surface area contributed by atoms with Crippen LogP contribution in [0.2, 0.25) is 0 Å². The normalized spacial score (nSPS) is 13.8. The molecule has 0 radical (unpaired) electrons. The lowest BCUT2D eigenvalue weighted by molar-refractivity contribution is 0.100. The van der Waals surface area contributed by atoms with Crippen LogP contribution in [0.4, 0.5) is 5.69 Å². The Hall–Kier alpha value is -1.64. The fourth-order valence-electron chi connectivity index (χ4n) is 1.43. The second kappa shape index (κ2) is 3.01. The van der Waals surface area contributed by atoms with Crippen molar-refractivity contribution in [2.24, 2.45) is 10.7 Å². The summed E-state index contributed by atoms with van der Waals surface area (Å²) in [5.74, 6) is -0.399. The molecule has 0 aromatic heterocycles. The number of aryl methyl sites for hydroxylation is 1. The zero-order valence-electron chi connectivity index (χ0n) is 7.16. The lowest BCUT2D eigenvalue weighted by Crippen LogP contribution is -2.11. The minimum absolute atomic E-state index is 0.399. The molecule has 0 aliphatic carbocycles. The molecule has 0 saturated carbocycles. The molecular weight excluding hydrogens is 164 g/mol. The molecule has 1 aromatic carbocycles. The van der Waals surface area contributed by atoms with Crippen LogP contribution in [-0.4, -0.2) is 12.1 Å². The average molecular weight is 174 g/mol. The van der Waals surface area contributed by atoms with Gasteiger partial charge in [0.25, 0.3) is 0 Å². The standard InChI is InChI=1S/C10H10N2O/c11-10(13)8-4-3-7-2-1-5-12-9(7)6-8/h3-6H,1-2H2,(H2,11,13). The number of nitrogens with two attached hydrogens (primary N) is 1. The smallest absolute Gasteiger partial charge is 0.248 e. The van der Waals surface area contributed by atoms with E-state index in [1.807, 2.05) is 12.3 Å². The molecule has 1 aliphatic heterocycles. The highest BCUT2D eigenvalue weighted by atomic mass is 16.1. The Bertz CT molecular complexity index is 383. The minimum atomic E-state index is -0.399. The number of carbonyl (C=O) groups is 1. The summed E-state index contributed by atoms with van der Waals surface area (Å²) in [4.78, 5) is 15.1. The zero-order valence-corrected chi connectivity index (χ0v) is 7.16. The van der Waals surface area contributed by atoms with Crippen LogP contribution >= 0.6 is 0 Å². The van der Waals surface area contributed by atoms with Gasteiger partial charge in [0.2, 0.25) is 5.91 Å². The third kappa shape index (κ3) is 1.45. The highest BCUT2D eigenvalue weighted by Gasteiger charge is 2.08. The molecule has 0 atom stereocenters. The number of hydrogen-bond acceptors (Lipinski definition) is 2. The summed E-state index contributed by atoms with van der Waals surface area (Å²) >= 11 is 0. The number of aliphatic imine (C=N–C) groups is 1. The van der Waals surface area contributed by atoms with E-state index in [1.165, 1.54) is 5.56 Å². The van der Waals surface area contributed by atoms with Crippen molar-refractivity contribution < 1.29 is 4.79 Å². The Morgan fingerprint density at radius 2 is 2.31 bits per heavy atom. The molecule has 1 aliphatic rings. The van der Waals surface area contributed by atoms with Crippen LogP contribution in [0.3, 0.4) is 0 Å². The predicted octanol–water partition coefficient (Wildman–Crippen LogP) is 1.43. The van der Waals surface area contributed by atoms with Gasteiger partial charge in [0.15, 0.2) is 0 Å². The van der Waals surface area contributed by atoms with Crippen molar-refractivity contribution >= 4 is 17.8 Å². The molecule has 2 N–H and O–H groups in total. The van der Waals surface area contributed by atoms with Crippen LogP contribution in [0, 0.1) is 0 Å². The van der Waals surface area contributed by atoms with E-state index in [1.54, 1.807) is 12.1 Å². The molecule has 0 fully saturated rings. The van der Waals surface area contributed by atoms with Gasteiger partial charge in [-0.1, -0.05) is 6.07 Å². The van der Waals surface area contributed by atoms with Crippen molar-refractivity contribution in [2.75, 3.05) is 0 Å². The van der Waals surface area contributed by atoms with Crippen LogP contribution in [0.1, 0.15) is 22.3 Å². The van der Waals surface area contributed by atoms with E-state index < -0.39 is 5.91 Å². The molecular formula is C10H10N2O. The number of rotatable bonds is 1. The fraction of sp³-hybridized carbons (Fsp3) is 0.200. The molecule has 1 aromatic rings. The Balaban J connectivity index is 2.48. The van der Waals surface area contributed by atoms with Gasteiger partial charge in [-0.25, -0.2) is 0 Å². The van der Waals surface area contributed by atoms with E-state index in [2.05, 4.69) is 4.99 Å². The van der Waals surface area contributed by atoms with E-state index in [9.17, 15) is 4.79 Å². The molecule has 1 heterocycles. The fourth-order valence-corrected chi connectivity index (χ4v) is 1.43. The SMILES string of the molecule is NC(=O)c1ccc2c(c1)N=CCC2. The first-order valence-electron chi connectivity index (χ1n) is 4.22. The maximum absolute atomic E-state index is 10.9. The molecule has 0 saturated heterocycles. The number of hydrogen-bond donors (Lipinski definition) is 1. The molecule has 1 amide bonds. The number of amides is 1. The Morgan fingerprint density at radius 1 is 1.46 bits per heavy atom. The van der Waals surface area contributed by atoms with E-state index in [4.69, 9.17) is 5.73 Å². The molecule has 0 bridgehead atoms. The quantitative estimate of drug-likeness (QED) is 0.688. The monoisotopic (exact) mass is 174 g/mol. The maximum atomic E-state index is 10.9. The van der Waals surface area contributed by atoms with Crippen molar-refractivity contribution in [1.82, 2.24) is 0 Å². The van der Waals surface area contributed by atoms with E-state index in [0.717, 1.165) is 18.5 Å². The Morgan fingerprint density at radius 3 is 3.08 bits per heavy atom. The molecule has 0 spiro atoms. The molecule has 3 nitrogen and oxygen atoms in total. The van der Waals surface area contributed by atoms with Gasteiger partial charge in [0.1, 0.15) is 0 Å². The molecule has 66 valence electrons. The van der Waals surface area contributed by atoms with Crippen LogP contribution in [0.25, 0.3) is 0 Å². The first kappa shape index (κ1) is 7.98. The van der Waals surface area contributed by atoms with Gasteiger partial charge in [0, 0.05) is 11.8 Å². The van der Waals surface area contributed by atoms with Gasteiger partial charge in [-0.2, -0.15) is 0 Å². The lowest BCUT2D eigenvalue weighted by atomic mass is 10.0. The number of nitrogens with zero attached hydrogens (tertiary/aromatic N) is 1. The van der Waals surface area contributed by atoms with Crippen molar-refractivity contribution in [3.05, 3.63) is 29.3 Å². The Labute approximate surface area is 76.3 Å². The summed E-state index contributed by atoms with van der Waals surface area (Å²) in [7, 11) is 0. The first-order chi connectivity index (χ1) is 6.27. The lowest BCUT2D eigenvalue weighted by Gasteiger charge is -2.09. The summed E-state index contributed by atoms with van der Waals surface area (Å²) in [6, 6.07) is 5.42. The largest absolute Gasteiger partial charge is 0.366 e. The van der Waals surface area contributed by atoms with Crippen molar-refractivity contribution in [1.29, 1.82) is 0 Å². The van der Waals surface area contributed by atoms with Gasteiger partial charge < -0.3 is 5.73 Å². The zero-order chi connectivity index (χ0) is 9.26. The second-order valence-corrected chi connectivity index (χ2v) is 3.06. The third-order valence-electron chi connectivity index (χ3n) is 2.14. The average Bonchev–Trinajstić information content (AvgIpc) is 2.17. The van der Waals surface area contributed by atoms with E-state index in [-0.39, 0.29) is 0 Å². The van der Waals surface area contributed by atoms with E-state index >= 15 is 0 Å². The topological polar surface area (TPSA) is 55.5 Å². The molecule has 2 rings (SSSR count). The van der Waals surface area contributed by atoms with Gasteiger partial charge >= 0.3 is 0 Å². The summed E-state index contributed by atoms with van der Waals surface area (Å²) in [5, 5.41) is 0. The number of fused-ring (bicyclic) bond motifs is 1. The Kier molecular flexibility index (Phi) is 1.85. The van der Waals surface area contributed by atoms with Crippen molar-refractivity contribution in [2.45, 2.75) is 12.8 Å². The summed E-state index contributed by atoms with van der Waals surface area (Å²) in [6.07, 6.45) is 3.84. The third-order valence-corrected chi connectivity index (χ3v) is 2.14. The van der Waals surface area contributed by atoms with Crippen LogP contribution in [0.5, 0.6) is 0 Å². The molecule has 3 heteroatoms. The predicted molar refractivity (Wildman–Crippen MR) is 51.4 cm³/mol. The van der Waals surface area contributed by atoms with Crippen molar-refractivity contribution in [3.63, 3.8) is 0 Å². The first-order valence-corrected chi connectivity index (χ1v) is 4.22. The summed E-state index contributed by atoms with van der Waals surface area (Å²) in [6.45, 7) is 0. The summed E-state index contributed by atoms with van der Waals surface area (Å²) < 4.78 is 0. The minimum Gasteiger partial charge on any atom is -0.366 e. The summed E-state index contributed by atoms with van der Waals surface area (Å²) in [5.41, 5.74) is 7.75. The second-order valence-electron chi connectivity index (χ2n) is 3.06. The molecule has 13 heavy (non-hydrogen) atoms. The number of primary amides is 1. The highest BCUT2D eigenvalue weighted by molar-refractivity contribution is 5.94. The number of benzene rings is 1. The van der Waals surface area contributed by atoms with Crippen LogP contribution in [-0.2, 0) is 6.42 Å². The molecule has 0 unspecified atom stereocenters. The van der Waals surface area contributed by atoms with Crippen LogP contribution in [0.15, 0.2) is 23.2 Å².